The van der Waals surface area contributed by atoms with E-state index in [1.807, 2.05) is 38.1 Å². The summed E-state index contributed by atoms with van der Waals surface area (Å²) < 4.78 is 10.6. The molecule has 0 aliphatic carbocycles. The van der Waals surface area contributed by atoms with Gasteiger partial charge in [-0.3, -0.25) is 9.59 Å². The van der Waals surface area contributed by atoms with Crippen LogP contribution in [-0.2, 0) is 19.7 Å². The number of carbonyl (C=O) groups excluding carboxylic acids is 1. The second-order valence-electron chi connectivity index (χ2n) is 6.20. The molecule has 1 aromatic rings. The molecule has 6 nitrogen and oxygen atoms in total. The Labute approximate surface area is 136 Å². The summed E-state index contributed by atoms with van der Waals surface area (Å²) in [6, 6.07) is 7.42. The molecule has 1 aliphatic heterocycles. The number of nitrogens with zero attached hydrogens (tertiary/aromatic N) is 1. The van der Waals surface area contributed by atoms with Gasteiger partial charge in [0.2, 0.25) is 5.91 Å². The first kappa shape index (κ1) is 17.3. The standard InChI is InChI=1S/C17H23NO5/c1-17(2,12-4-6-13(22-3)7-5-12)16(21)18-8-9-23-14(11-18)10-15(19)20/h4-7,14H,8-11H2,1-3H3,(H,19,20). The molecule has 1 heterocycles. The van der Waals surface area contributed by atoms with Gasteiger partial charge in [0, 0.05) is 13.1 Å². The molecular weight excluding hydrogens is 298 g/mol. The molecule has 2 rings (SSSR count). The Kier molecular flexibility index (Phi) is 5.26. The van der Waals surface area contributed by atoms with Gasteiger partial charge in [0.25, 0.3) is 0 Å². The lowest BCUT2D eigenvalue weighted by Crippen LogP contribution is -2.51. The van der Waals surface area contributed by atoms with Crippen LogP contribution in [0.2, 0.25) is 0 Å². The number of carboxylic acid groups (broad SMARTS) is 1. The van der Waals surface area contributed by atoms with E-state index in [4.69, 9.17) is 14.6 Å². The van der Waals surface area contributed by atoms with Crippen molar-refractivity contribution in [3.63, 3.8) is 0 Å². The number of hydrogen-bond acceptors (Lipinski definition) is 4. The molecule has 0 aromatic heterocycles. The van der Waals surface area contributed by atoms with E-state index in [-0.39, 0.29) is 12.3 Å². The van der Waals surface area contributed by atoms with Crippen molar-refractivity contribution in [2.75, 3.05) is 26.8 Å². The minimum absolute atomic E-state index is 0.0265. The molecule has 1 amide bonds. The molecule has 1 fully saturated rings. The first-order chi connectivity index (χ1) is 10.8. The number of methoxy groups -OCH3 is 1. The van der Waals surface area contributed by atoms with Crippen LogP contribution in [0.4, 0.5) is 0 Å². The Morgan fingerprint density at radius 3 is 2.57 bits per heavy atom. The number of benzene rings is 1. The lowest BCUT2D eigenvalue weighted by molar-refractivity contribution is -0.150. The predicted octanol–water partition coefficient (Wildman–Crippen LogP) is 1.67. The fraction of sp³-hybridized carbons (Fsp3) is 0.529. The molecule has 1 atom stereocenters. The first-order valence-corrected chi connectivity index (χ1v) is 7.62. The summed E-state index contributed by atoms with van der Waals surface area (Å²) in [5.41, 5.74) is 0.196. The highest BCUT2D eigenvalue weighted by molar-refractivity contribution is 5.87. The van der Waals surface area contributed by atoms with Crippen molar-refractivity contribution in [1.29, 1.82) is 0 Å². The summed E-state index contributed by atoms with van der Waals surface area (Å²) in [7, 11) is 1.60. The normalized spacial score (nSPS) is 18.6. The zero-order valence-corrected chi connectivity index (χ0v) is 13.7. The van der Waals surface area contributed by atoms with Crippen LogP contribution in [0.15, 0.2) is 24.3 Å². The van der Waals surface area contributed by atoms with Gasteiger partial charge < -0.3 is 19.5 Å². The van der Waals surface area contributed by atoms with Crippen LogP contribution in [0.1, 0.15) is 25.8 Å². The molecule has 1 N–H and O–H groups in total. The SMILES string of the molecule is COc1ccc(C(C)(C)C(=O)N2CCOC(CC(=O)O)C2)cc1. The molecule has 0 radical (unpaired) electrons. The maximum atomic E-state index is 12.9. The van der Waals surface area contributed by atoms with Gasteiger partial charge in [0.15, 0.2) is 0 Å². The molecule has 0 spiro atoms. The Morgan fingerprint density at radius 2 is 2.00 bits per heavy atom. The summed E-state index contributed by atoms with van der Waals surface area (Å²) in [6.45, 7) is 4.90. The highest BCUT2D eigenvalue weighted by Crippen LogP contribution is 2.28. The number of aliphatic carboxylic acids is 1. The molecule has 1 saturated heterocycles. The summed E-state index contributed by atoms with van der Waals surface area (Å²) in [5, 5.41) is 8.88. The first-order valence-electron chi connectivity index (χ1n) is 7.62. The molecule has 0 bridgehead atoms. The molecule has 6 heteroatoms. The van der Waals surface area contributed by atoms with Gasteiger partial charge in [-0.1, -0.05) is 12.1 Å². The lowest BCUT2D eigenvalue weighted by atomic mass is 9.83. The van der Waals surface area contributed by atoms with Gasteiger partial charge in [-0.25, -0.2) is 0 Å². The fourth-order valence-electron chi connectivity index (χ4n) is 2.75. The van der Waals surface area contributed by atoms with Crippen molar-refractivity contribution in [2.24, 2.45) is 0 Å². The minimum Gasteiger partial charge on any atom is -0.497 e. The van der Waals surface area contributed by atoms with Crippen LogP contribution >= 0.6 is 0 Å². The van der Waals surface area contributed by atoms with Crippen molar-refractivity contribution in [3.05, 3.63) is 29.8 Å². The maximum Gasteiger partial charge on any atom is 0.306 e. The number of carboxylic acids is 1. The molecule has 23 heavy (non-hydrogen) atoms. The van der Waals surface area contributed by atoms with Gasteiger partial charge >= 0.3 is 5.97 Å². The van der Waals surface area contributed by atoms with Crippen molar-refractivity contribution in [3.8, 4) is 5.75 Å². The van der Waals surface area contributed by atoms with Gasteiger partial charge in [0.1, 0.15) is 5.75 Å². The zero-order chi connectivity index (χ0) is 17.0. The largest absolute Gasteiger partial charge is 0.497 e. The smallest absolute Gasteiger partial charge is 0.306 e. The van der Waals surface area contributed by atoms with E-state index in [1.165, 1.54) is 0 Å². The van der Waals surface area contributed by atoms with E-state index < -0.39 is 17.5 Å². The topological polar surface area (TPSA) is 76.1 Å². The Morgan fingerprint density at radius 1 is 1.35 bits per heavy atom. The van der Waals surface area contributed by atoms with Crippen LogP contribution in [-0.4, -0.2) is 54.8 Å². The van der Waals surface area contributed by atoms with Gasteiger partial charge in [0.05, 0.1) is 31.7 Å². The molecule has 0 saturated carbocycles. The van der Waals surface area contributed by atoms with Crippen LogP contribution in [0.25, 0.3) is 0 Å². The Hall–Kier alpha value is -2.08. The summed E-state index contributed by atoms with van der Waals surface area (Å²) in [5.74, 6) is -0.204. The number of amides is 1. The van der Waals surface area contributed by atoms with E-state index in [2.05, 4.69) is 0 Å². The highest BCUT2D eigenvalue weighted by Gasteiger charge is 2.36. The van der Waals surface area contributed by atoms with E-state index in [9.17, 15) is 9.59 Å². The molecule has 126 valence electrons. The second kappa shape index (κ2) is 7.00. The average molecular weight is 321 g/mol. The van der Waals surface area contributed by atoms with E-state index in [0.29, 0.717) is 19.7 Å². The lowest BCUT2D eigenvalue weighted by Gasteiger charge is -2.37. The third-order valence-corrected chi connectivity index (χ3v) is 4.17. The van der Waals surface area contributed by atoms with Crippen molar-refractivity contribution in [1.82, 2.24) is 4.90 Å². The molecule has 1 aromatic carbocycles. The number of ether oxygens (including phenoxy) is 2. The monoisotopic (exact) mass is 321 g/mol. The minimum atomic E-state index is -0.918. The van der Waals surface area contributed by atoms with Gasteiger partial charge in [-0.15, -0.1) is 0 Å². The Bertz CT molecular complexity index is 567. The number of hydrogen-bond donors (Lipinski definition) is 1. The van der Waals surface area contributed by atoms with Crippen LogP contribution in [0.3, 0.4) is 0 Å². The predicted molar refractivity (Wildman–Crippen MR) is 84.6 cm³/mol. The van der Waals surface area contributed by atoms with Crippen molar-refractivity contribution in [2.45, 2.75) is 31.8 Å². The quantitative estimate of drug-likeness (QED) is 0.893. The van der Waals surface area contributed by atoms with E-state index in [0.717, 1.165) is 11.3 Å². The molecular formula is C17H23NO5. The summed E-state index contributed by atoms with van der Waals surface area (Å²) in [4.78, 5) is 25.4. The van der Waals surface area contributed by atoms with Crippen molar-refractivity contribution < 1.29 is 24.2 Å². The fourth-order valence-corrected chi connectivity index (χ4v) is 2.75. The number of morpholine rings is 1. The second-order valence-corrected chi connectivity index (χ2v) is 6.20. The number of rotatable bonds is 5. The van der Waals surface area contributed by atoms with Crippen LogP contribution in [0.5, 0.6) is 5.75 Å². The highest BCUT2D eigenvalue weighted by atomic mass is 16.5. The zero-order valence-electron chi connectivity index (χ0n) is 13.7. The third-order valence-electron chi connectivity index (χ3n) is 4.17. The molecule has 1 aliphatic rings. The van der Waals surface area contributed by atoms with Crippen LogP contribution in [0, 0.1) is 0 Å². The summed E-state index contributed by atoms with van der Waals surface area (Å²) >= 11 is 0. The van der Waals surface area contributed by atoms with E-state index >= 15 is 0 Å². The van der Waals surface area contributed by atoms with Gasteiger partial charge in [-0.05, 0) is 31.5 Å². The Balaban J connectivity index is 2.11. The van der Waals surface area contributed by atoms with Crippen LogP contribution < -0.4 is 4.74 Å². The summed E-state index contributed by atoms with van der Waals surface area (Å²) in [6.07, 6.45) is -0.538. The average Bonchev–Trinajstić information content (AvgIpc) is 2.53. The molecule has 1 unspecified atom stereocenters. The maximum absolute atomic E-state index is 12.9. The van der Waals surface area contributed by atoms with Crippen molar-refractivity contribution >= 4 is 11.9 Å². The van der Waals surface area contributed by atoms with Gasteiger partial charge in [-0.2, -0.15) is 0 Å². The number of carbonyl (C=O) groups is 2. The van der Waals surface area contributed by atoms with E-state index in [1.54, 1.807) is 12.0 Å². The third kappa shape index (κ3) is 4.01.